The molecule has 42 heavy (non-hydrogen) atoms. The summed E-state index contributed by atoms with van der Waals surface area (Å²) in [5, 5.41) is 13.4. The highest BCUT2D eigenvalue weighted by Gasteiger charge is 2.32. The average Bonchev–Trinajstić information content (AvgIpc) is 3.53. The topological polar surface area (TPSA) is 145 Å². The van der Waals surface area contributed by atoms with E-state index in [0.29, 0.717) is 19.3 Å². The lowest BCUT2D eigenvalue weighted by Gasteiger charge is -2.36. The van der Waals surface area contributed by atoms with Crippen molar-refractivity contribution in [1.29, 1.82) is 0 Å². The zero-order valence-corrected chi connectivity index (χ0v) is 24.5. The van der Waals surface area contributed by atoms with Crippen molar-refractivity contribution in [3.05, 3.63) is 72.1 Å². The van der Waals surface area contributed by atoms with Crippen LogP contribution in [0.4, 0.5) is 0 Å². The van der Waals surface area contributed by atoms with Crippen molar-refractivity contribution < 1.29 is 9.53 Å². The van der Waals surface area contributed by atoms with Crippen LogP contribution in [0.5, 0.6) is 0 Å². The van der Waals surface area contributed by atoms with Crippen LogP contribution >= 0.6 is 0 Å². The van der Waals surface area contributed by atoms with E-state index in [2.05, 4.69) is 38.6 Å². The lowest BCUT2D eigenvalue weighted by Crippen LogP contribution is -2.48. The molecule has 4 aromatic rings. The quantitative estimate of drug-likeness (QED) is 0.181. The van der Waals surface area contributed by atoms with Gasteiger partial charge in [0, 0.05) is 49.2 Å². The molecule has 1 unspecified atom stereocenters. The maximum Gasteiger partial charge on any atom is 0.269 e. The molecular weight excluding hydrogens is 532 g/mol. The van der Waals surface area contributed by atoms with Crippen molar-refractivity contribution in [3.63, 3.8) is 0 Å². The first-order chi connectivity index (χ1) is 20.1. The number of fused-ring (bicyclic) bond motifs is 2. The van der Waals surface area contributed by atoms with E-state index in [1.807, 2.05) is 50.8 Å². The summed E-state index contributed by atoms with van der Waals surface area (Å²) in [6.07, 6.45) is 9.68. The van der Waals surface area contributed by atoms with Gasteiger partial charge in [0.1, 0.15) is 5.70 Å². The van der Waals surface area contributed by atoms with E-state index in [-0.39, 0.29) is 23.2 Å². The largest absolute Gasteiger partial charge is 0.393 e. The fourth-order valence-corrected chi connectivity index (χ4v) is 5.35. The van der Waals surface area contributed by atoms with E-state index in [4.69, 9.17) is 21.3 Å². The number of nitrogens with two attached hydrogens (primary N) is 2. The molecule has 0 spiro atoms. The number of nitrogens with zero attached hydrogens (tertiary/aromatic N) is 7. The van der Waals surface area contributed by atoms with Crippen molar-refractivity contribution in [1.82, 2.24) is 39.6 Å². The fourth-order valence-electron chi connectivity index (χ4n) is 5.35. The fraction of sp³-hybridized carbons (Fsp3) is 0.400. The molecule has 220 valence electrons. The van der Waals surface area contributed by atoms with Gasteiger partial charge in [0.15, 0.2) is 0 Å². The van der Waals surface area contributed by atoms with Gasteiger partial charge in [0.05, 0.1) is 60.8 Å². The zero-order chi connectivity index (χ0) is 29.6. The third kappa shape index (κ3) is 5.48. The molecule has 0 radical (unpaired) electrons. The first kappa shape index (κ1) is 27.9. The Balaban J connectivity index is 1.37. The predicted molar refractivity (Wildman–Crippen MR) is 159 cm³/mol. The summed E-state index contributed by atoms with van der Waals surface area (Å²) >= 11 is 0. The van der Waals surface area contributed by atoms with Crippen LogP contribution in [-0.2, 0) is 23.1 Å². The van der Waals surface area contributed by atoms with Crippen LogP contribution < -0.4 is 16.9 Å². The first-order valence-corrected chi connectivity index (χ1v) is 14.2. The van der Waals surface area contributed by atoms with Crippen molar-refractivity contribution in [2.24, 2.45) is 18.6 Å². The molecule has 0 saturated carbocycles. The second-order valence-electron chi connectivity index (χ2n) is 12.1. The molecule has 1 fully saturated rings. The molecule has 2 aliphatic heterocycles. The van der Waals surface area contributed by atoms with Crippen LogP contribution in [0.3, 0.4) is 0 Å². The number of carbonyl (C=O) groups is 1. The summed E-state index contributed by atoms with van der Waals surface area (Å²) in [6, 6.07) is 8.47. The Morgan fingerprint density at radius 3 is 2.67 bits per heavy atom. The van der Waals surface area contributed by atoms with Crippen molar-refractivity contribution in [2.75, 3.05) is 19.8 Å². The second-order valence-corrected chi connectivity index (χ2v) is 12.1. The number of hydrogen-bond donors (Lipinski definition) is 3. The molecule has 6 rings (SSSR count). The Hall–Kier alpha value is -4.26. The van der Waals surface area contributed by atoms with E-state index in [9.17, 15) is 4.79 Å². The summed E-state index contributed by atoms with van der Waals surface area (Å²) in [7, 11) is 1.89. The van der Waals surface area contributed by atoms with E-state index in [1.54, 1.807) is 17.1 Å². The molecule has 2 aliphatic rings. The van der Waals surface area contributed by atoms with Gasteiger partial charge in [-0.3, -0.25) is 14.4 Å². The van der Waals surface area contributed by atoms with Crippen LogP contribution in [0, 0.1) is 0 Å². The Morgan fingerprint density at radius 1 is 1.17 bits per heavy atom. The van der Waals surface area contributed by atoms with Crippen LogP contribution in [0.1, 0.15) is 44.4 Å². The van der Waals surface area contributed by atoms with Gasteiger partial charge in [-0.2, -0.15) is 10.2 Å². The number of carbonyl (C=O) groups excluding carboxylic acids is 1. The summed E-state index contributed by atoms with van der Waals surface area (Å²) in [4.78, 5) is 20.7. The number of amides is 1. The molecule has 5 heterocycles. The lowest BCUT2D eigenvalue weighted by atomic mass is 9.95. The molecule has 3 aromatic heterocycles. The Morgan fingerprint density at radius 2 is 1.98 bits per heavy atom. The van der Waals surface area contributed by atoms with Gasteiger partial charge in [-0.25, -0.2) is 15.3 Å². The molecule has 1 saturated heterocycles. The Kier molecular flexibility index (Phi) is 7.21. The summed E-state index contributed by atoms with van der Waals surface area (Å²) in [5.74, 6) is 5.77. The smallest absolute Gasteiger partial charge is 0.269 e. The molecule has 1 amide bonds. The Bertz CT molecular complexity index is 1650. The maximum atomic E-state index is 13.2. The minimum atomic E-state index is -0.370. The predicted octanol–water partition coefficient (Wildman–Crippen LogP) is 2.33. The monoisotopic (exact) mass is 570 g/mol. The van der Waals surface area contributed by atoms with E-state index in [0.717, 1.165) is 58.7 Å². The molecular formula is C30H38N10O2. The van der Waals surface area contributed by atoms with Crippen LogP contribution in [0.25, 0.3) is 28.0 Å². The number of benzene rings is 1. The van der Waals surface area contributed by atoms with Gasteiger partial charge in [-0.15, -0.1) is 0 Å². The van der Waals surface area contributed by atoms with Gasteiger partial charge >= 0.3 is 0 Å². The molecule has 5 N–H and O–H groups in total. The number of hydrazine groups is 1. The number of nitrogens with one attached hydrogen (secondary N) is 1. The third-order valence-corrected chi connectivity index (χ3v) is 8.02. The molecule has 1 atom stereocenters. The number of ether oxygens (including phenoxy) is 1. The maximum absolute atomic E-state index is 13.2. The number of aryl methyl sites for hydroxylation is 1. The van der Waals surface area contributed by atoms with E-state index >= 15 is 0 Å². The zero-order valence-electron chi connectivity index (χ0n) is 24.5. The van der Waals surface area contributed by atoms with Gasteiger partial charge in [-0.05, 0) is 50.5 Å². The van der Waals surface area contributed by atoms with Gasteiger partial charge < -0.3 is 20.8 Å². The van der Waals surface area contributed by atoms with E-state index < -0.39 is 0 Å². The molecule has 12 heteroatoms. The summed E-state index contributed by atoms with van der Waals surface area (Å²) in [5.41, 5.74) is 12.5. The van der Waals surface area contributed by atoms with Crippen molar-refractivity contribution in [2.45, 2.75) is 51.4 Å². The molecule has 0 bridgehead atoms. The number of aromatic nitrogens is 5. The highest BCUT2D eigenvalue weighted by Crippen LogP contribution is 2.34. The average molecular weight is 571 g/mol. The minimum Gasteiger partial charge on any atom is -0.393 e. The molecule has 1 aromatic carbocycles. The molecule has 0 aliphatic carbocycles. The first-order valence-electron chi connectivity index (χ1n) is 14.2. The van der Waals surface area contributed by atoms with Gasteiger partial charge in [0.25, 0.3) is 5.91 Å². The second kappa shape index (κ2) is 10.9. The Labute approximate surface area is 244 Å². The SMILES string of the molecule is Cn1cc(-c2cn3nccc3c(-c3ccc4c(c3)CN(C3COC3)CCC4NC(=O)/C(N)=C/N(N)C(C)(C)C)n2)cn1. The van der Waals surface area contributed by atoms with Crippen LogP contribution in [0.2, 0.25) is 0 Å². The van der Waals surface area contributed by atoms with Crippen LogP contribution in [-0.4, -0.2) is 71.5 Å². The van der Waals surface area contributed by atoms with Gasteiger partial charge in [0.2, 0.25) is 0 Å². The van der Waals surface area contributed by atoms with Crippen molar-refractivity contribution in [3.8, 4) is 22.5 Å². The molecule has 12 nitrogen and oxygen atoms in total. The minimum absolute atomic E-state index is 0.0682. The van der Waals surface area contributed by atoms with Crippen LogP contribution in [0.15, 0.2) is 60.9 Å². The highest BCUT2D eigenvalue weighted by atomic mass is 16.5. The summed E-state index contributed by atoms with van der Waals surface area (Å²) < 4.78 is 9.13. The van der Waals surface area contributed by atoms with Crippen molar-refractivity contribution >= 4 is 11.4 Å². The normalized spacial score (nSPS) is 18.4. The van der Waals surface area contributed by atoms with E-state index in [1.165, 1.54) is 11.2 Å². The third-order valence-electron chi connectivity index (χ3n) is 8.02. The summed E-state index contributed by atoms with van der Waals surface area (Å²) in [6.45, 7) is 8.84. The van der Waals surface area contributed by atoms with Gasteiger partial charge in [-0.1, -0.05) is 12.1 Å². The highest BCUT2D eigenvalue weighted by molar-refractivity contribution is 5.92. The number of hydrogen-bond acceptors (Lipinski definition) is 9. The standard InChI is InChI=1S/C30H38N10O2/c1-30(2,3)40(32)15-24(31)29(41)36-25-8-10-38(22-17-42-18-22)14-20-11-19(5-6-23(20)25)28-27-7-9-33-39(27)16-26(35-28)21-12-34-37(4)13-21/h5-7,9,11-13,15-16,22,25H,8,10,14,17-18,31-32H2,1-4H3,(H,36,41)/b24-15-. The number of rotatable bonds is 6. The lowest BCUT2D eigenvalue weighted by molar-refractivity contribution is -0.118.